The van der Waals surface area contributed by atoms with Gasteiger partial charge in [-0.05, 0) is 175 Å². The molecule has 0 unspecified atom stereocenters. The number of amides is 7. The number of hydrogen-bond donors (Lipinski definition) is 7. The quantitative estimate of drug-likeness (QED) is 0.0196. The number of hydrogen-bond acceptors (Lipinski definition) is 15. The summed E-state index contributed by atoms with van der Waals surface area (Å²) in [7, 11) is 12.3. The molecule has 1 atom stereocenters. The molecule has 135 heavy (non-hydrogen) atoms. The number of nitrogens with zero attached hydrogens (tertiary/aromatic N) is 8. The predicted octanol–water partition coefficient (Wildman–Crippen LogP) is 19.7. The minimum absolute atomic E-state index is 0.0303. The van der Waals surface area contributed by atoms with E-state index in [-0.39, 0.29) is 75.3 Å². The summed E-state index contributed by atoms with van der Waals surface area (Å²) >= 11 is 0. The Bertz CT molecular complexity index is 7100. The fourth-order valence-electron chi connectivity index (χ4n) is 15.4. The highest BCUT2D eigenvalue weighted by atomic mass is 19.4. The number of alkyl halides is 3. The van der Waals surface area contributed by atoms with Gasteiger partial charge in [-0.2, -0.15) is 33.6 Å². The number of carbonyl (C=O) groups is 7. The zero-order chi connectivity index (χ0) is 96.5. The van der Waals surface area contributed by atoms with Crippen molar-refractivity contribution in [2.75, 3.05) is 75.0 Å². The molecular formula is C103H95F6N15O11. The van der Waals surface area contributed by atoms with Gasteiger partial charge in [-0.25, -0.2) is 13.2 Å². The highest BCUT2D eigenvalue weighted by Crippen LogP contribution is 2.41. The second-order valence-corrected chi connectivity index (χ2v) is 31.2. The van der Waals surface area contributed by atoms with E-state index in [0.717, 1.165) is 107 Å². The average Bonchev–Trinajstić information content (AvgIpc) is 1.78. The number of methoxy groups -OCH3 is 2. The van der Waals surface area contributed by atoms with Crippen LogP contribution in [-0.4, -0.2) is 171 Å². The molecule has 690 valence electrons. The maximum atomic E-state index is 15.1. The monoisotopic (exact) mass is 1830 g/mol. The van der Waals surface area contributed by atoms with Crippen molar-refractivity contribution in [1.82, 2.24) is 71.0 Å². The highest BCUT2D eigenvalue weighted by molar-refractivity contribution is 6.02. The van der Waals surface area contributed by atoms with Gasteiger partial charge in [-0.15, -0.1) is 0 Å². The number of benzene rings is 12. The van der Waals surface area contributed by atoms with Crippen molar-refractivity contribution in [2.24, 2.45) is 0 Å². The molecule has 0 fully saturated rings. The van der Waals surface area contributed by atoms with Crippen LogP contribution in [0.2, 0.25) is 0 Å². The number of aromatic amines is 4. The van der Waals surface area contributed by atoms with Gasteiger partial charge >= 0.3 is 6.18 Å². The van der Waals surface area contributed by atoms with Crippen LogP contribution in [0, 0.1) is 17.5 Å². The van der Waals surface area contributed by atoms with E-state index in [2.05, 4.69) is 63.3 Å². The lowest BCUT2D eigenvalue weighted by atomic mass is 9.97. The summed E-state index contributed by atoms with van der Waals surface area (Å²) in [6.07, 6.45) is 3.35. The smallest absolute Gasteiger partial charge is 0.416 e. The van der Waals surface area contributed by atoms with Gasteiger partial charge in [0.2, 0.25) is 5.91 Å². The van der Waals surface area contributed by atoms with Gasteiger partial charge in [-0.3, -0.25) is 54.0 Å². The van der Waals surface area contributed by atoms with Crippen molar-refractivity contribution < 1.29 is 78.9 Å². The van der Waals surface area contributed by atoms with E-state index in [9.17, 15) is 55.5 Å². The summed E-state index contributed by atoms with van der Waals surface area (Å²) in [6, 6.07) is 62.2. The van der Waals surface area contributed by atoms with Gasteiger partial charge in [0.25, 0.3) is 35.4 Å². The van der Waals surface area contributed by atoms with E-state index >= 15 is 4.39 Å². The highest BCUT2D eigenvalue weighted by Gasteiger charge is 2.33. The normalized spacial score (nSPS) is 11.2. The lowest BCUT2D eigenvalue weighted by Crippen LogP contribution is -2.29. The van der Waals surface area contributed by atoms with Crippen molar-refractivity contribution in [3.63, 3.8) is 0 Å². The summed E-state index contributed by atoms with van der Waals surface area (Å²) < 4.78 is 106. The first-order valence-corrected chi connectivity index (χ1v) is 42.5. The van der Waals surface area contributed by atoms with E-state index in [1.807, 2.05) is 149 Å². The molecule has 4 aromatic heterocycles. The van der Waals surface area contributed by atoms with Gasteiger partial charge in [0.15, 0.2) is 0 Å². The number of aromatic nitrogens is 8. The van der Waals surface area contributed by atoms with Crippen molar-refractivity contribution in [1.29, 1.82) is 0 Å². The molecule has 0 radical (unpaired) electrons. The van der Waals surface area contributed by atoms with E-state index in [1.165, 1.54) is 92.7 Å². The van der Waals surface area contributed by atoms with Crippen LogP contribution in [0.1, 0.15) is 117 Å². The summed E-state index contributed by atoms with van der Waals surface area (Å²) in [5, 5.41) is 39.2. The number of para-hydroxylation sites is 4. The van der Waals surface area contributed by atoms with Crippen molar-refractivity contribution >= 4 is 90.6 Å². The predicted molar refractivity (Wildman–Crippen MR) is 506 cm³/mol. The van der Waals surface area contributed by atoms with Gasteiger partial charge in [0.1, 0.15) is 40.4 Å². The SMILES string of the molecule is C=CC(=O)Nc1cc(-c2ccc(C(=O)N(C)Cc3cccc4cn[nH]c34)cc2OCC)ccc1F.CCOc1cc(C(=O)N(C)[C@H](C)c2cccc3cn[nH]c23)ccc1-c1ccccc1.CNC(=O)c1cc(-c2cc(F)c(C(=O)N(C)Cc3cccc4cn[nH]c34)cc2OC)ccc1F.CNC(=O)c1cc(-c2ccc(C(=O)N(C)Cc3cccc4cn[nH]c34)cc2OC)cc(C(F)(F)F)c1. The lowest BCUT2D eigenvalue weighted by Gasteiger charge is -2.26. The zero-order valence-electron chi connectivity index (χ0n) is 75.4. The number of anilines is 1. The molecule has 0 saturated carbocycles. The molecule has 32 heteroatoms. The molecule has 4 heterocycles. The van der Waals surface area contributed by atoms with E-state index in [1.54, 1.807) is 80.0 Å². The minimum atomic E-state index is -4.65. The maximum Gasteiger partial charge on any atom is 0.416 e. The molecule has 0 aliphatic carbocycles. The third-order valence-electron chi connectivity index (χ3n) is 22.5. The minimum Gasteiger partial charge on any atom is -0.496 e. The summed E-state index contributed by atoms with van der Waals surface area (Å²) in [5.41, 5.74) is 11.6. The summed E-state index contributed by atoms with van der Waals surface area (Å²) in [5.74, 6) is -3.27. The van der Waals surface area contributed by atoms with Gasteiger partial charge in [0.05, 0.1) is 103 Å². The molecule has 7 amide bonds. The Hall–Kier alpha value is -16.7. The van der Waals surface area contributed by atoms with Crippen molar-refractivity contribution in [3.8, 4) is 67.5 Å². The maximum absolute atomic E-state index is 15.1. The van der Waals surface area contributed by atoms with Crippen LogP contribution in [0.3, 0.4) is 0 Å². The number of rotatable bonds is 26. The molecule has 7 N–H and O–H groups in total. The molecule has 16 rings (SSSR count). The van der Waals surface area contributed by atoms with Crippen LogP contribution in [-0.2, 0) is 30.6 Å². The second kappa shape index (κ2) is 42.9. The van der Waals surface area contributed by atoms with Crippen LogP contribution >= 0.6 is 0 Å². The molecule has 26 nitrogen and oxygen atoms in total. The Balaban J connectivity index is 0.000000153. The lowest BCUT2D eigenvalue weighted by molar-refractivity contribution is -0.137. The van der Waals surface area contributed by atoms with Gasteiger partial charge < -0.3 is 54.5 Å². The van der Waals surface area contributed by atoms with Crippen molar-refractivity contribution in [3.05, 3.63) is 341 Å². The van der Waals surface area contributed by atoms with E-state index in [4.69, 9.17) is 18.9 Å². The molecule has 0 spiro atoms. The van der Waals surface area contributed by atoms with Crippen molar-refractivity contribution in [2.45, 2.75) is 52.6 Å². The van der Waals surface area contributed by atoms with Crippen LogP contribution in [0.4, 0.5) is 32.0 Å². The van der Waals surface area contributed by atoms with Crippen LogP contribution < -0.4 is 34.9 Å². The largest absolute Gasteiger partial charge is 0.496 e. The number of H-pyrrole nitrogens is 4. The van der Waals surface area contributed by atoms with Gasteiger partial charge in [0, 0.05) is 134 Å². The third kappa shape index (κ3) is 22.0. The molecule has 0 bridgehead atoms. The molecule has 0 aliphatic rings. The molecule has 16 aromatic rings. The summed E-state index contributed by atoms with van der Waals surface area (Å²) in [6.45, 7) is 11.1. The first-order chi connectivity index (χ1) is 65.0. The van der Waals surface area contributed by atoms with Crippen LogP contribution in [0.5, 0.6) is 23.0 Å². The Kier molecular flexibility index (Phi) is 30.5. The first kappa shape index (κ1) is 95.9. The Morgan fingerprint density at radius 3 is 1.36 bits per heavy atom. The Morgan fingerprint density at radius 1 is 0.422 bits per heavy atom. The number of fused-ring (bicyclic) bond motifs is 4. The first-order valence-electron chi connectivity index (χ1n) is 42.5. The zero-order valence-corrected chi connectivity index (χ0v) is 75.4. The number of ether oxygens (including phenoxy) is 4. The average molecular weight is 1830 g/mol. The molecule has 0 aliphatic heterocycles. The molecular weight excluding hydrogens is 1740 g/mol. The van der Waals surface area contributed by atoms with E-state index < -0.39 is 52.8 Å². The van der Waals surface area contributed by atoms with Crippen LogP contribution in [0.15, 0.2) is 262 Å². The molecule has 0 saturated heterocycles. The molecule has 12 aromatic carbocycles. The topological polar surface area (TPSA) is 320 Å². The third-order valence-corrected chi connectivity index (χ3v) is 22.5. The van der Waals surface area contributed by atoms with E-state index in [0.29, 0.717) is 76.7 Å². The summed E-state index contributed by atoms with van der Waals surface area (Å²) in [4.78, 5) is 94.8. The Morgan fingerprint density at radius 2 is 0.867 bits per heavy atom. The van der Waals surface area contributed by atoms with Gasteiger partial charge in [-0.1, -0.05) is 122 Å². The van der Waals surface area contributed by atoms with Crippen LogP contribution in [0.25, 0.3) is 88.1 Å². The second-order valence-electron chi connectivity index (χ2n) is 31.2. The number of halogens is 6. The number of nitrogens with one attached hydrogen (secondary N) is 7. The standard InChI is InChI=1S/C27H25FN4O3.C26H23F3N4O3.C25H22F2N4O3.C25H25N3O2/c1-4-25(33)30-23-13-17(10-12-22(23)28)21-11-9-18(14-24(21)35-5-2)27(34)32(3)16-20-8-6-7-19-15-29-31-26(19)20;1-30-24(34)19-9-18(10-20(11-19)26(27,28)29)21-8-7-15(12-22(21)36-3)25(35)33(2)14-17-6-4-5-16-13-31-32-23(16)17;1-28-24(32)18-9-14(7-8-20(18)26)17-10-21(27)19(11-22(17)34-3)25(33)31(2)13-16-6-4-5-15-12-29-30-23(15)16;1-4-30-23-15-19(13-14-22(23)18-9-6-5-7-10-18)25(29)28(3)17(2)21-12-8-11-20-16-26-27-24(20)21/h4,6-15H,1,5,16H2,2-3H3,(H,29,31)(H,30,33);4-13H,14H2,1-3H3,(H,30,34)(H,31,32);4-12H,13H2,1-3H3,(H,28,32)(H,29,30);5-17H,4H2,1-3H3,(H,26,27)/t;;;17-/m...1/s1. The fraction of sp³-hybridized carbons (Fsp3) is 0.175. The Labute approximate surface area is 772 Å². The fourth-order valence-corrected chi connectivity index (χ4v) is 15.4. The number of carbonyl (C=O) groups excluding carboxylic acids is 7.